The maximum absolute atomic E-state index is 5.09. The zero-order valence-electron chi connectivity index (χ0n) is 10.5. The fourth-order valence-corrected chi connectivity index (χ4v) is 2.10. The molecule has 2 aromatic rings. The highest BCUT2D eigenvalue weighted by molar-refractivity contribution is 5.83. The van der Waals surface area contributed by atoms with Gasteiger partial charge in [-0.25, -0.2) is 0 Å². The molecule has 0 aliphatic rings. The van der Waals surface area contributed by atoms with Gasteiger partial charge in [-0.1, -0.05) is 18.2 Å². The van der Waals surface area contributed by atoms with Crippen LogP contribution in [-0.2, 0) is 11.2 Å². The number of H-pyrrole nitrogens is 1. The third-order valence-corrected chi connectivity index (χ3v) is 2.98. The minimum Gasteiger partial charge on any atom is -0.383 e. The van der Waals surface area contributed by atoms with Crippen LogP contribution in [0.15, 0.2) is 30.5 Å². The lowest BCUT2D eigenvalue weighted by molar-refractivity contribution is 0.172. The van der Waals surface area contributed by atoms with Crippen molar-refractivity contribution < 1.29 is 4.74 Å². The second-order valence-electron chi connectivity index (χ2n) is 4.42. The van der Waals surface area contributed by atoms with E-state index in [1.165, 1.54) is 16.5 Å². The number of para-hydroxylation sites is 1. The average molecular weight is 232 g/mol. The van der Waals surface area contributed by atoms with Crippen LogP contribution >= 0.6 is 0 Å². The van der Waals surface area contributed by atoms with Gasteiger partial charge in [-0.3, -0.25) is 0 Å². The molecule has 0 bridgehead atoms. The number of fused-ring (bicyclic) bond motifs is 1. The van der Waals surface area contributed by atoms with Crippen LogP contribution in [0.4, 0.5) is 0 Å². The van der Waals surface area contributed by atoms with Crippen molar-refractivity contribution in [3.05, 3.63) is 36.0 Å². The Morgan fingerprint density at radius 3 is 3.00 bits per heavy atom. The van der Waals surface area contributed by atoms with Crippen LogP contribution in [0.2, 0.25) is 0 Å². The second kappa shape index (κ2) is 5.84. The largest absolute Gasteiger partial charge is 0.383 e. The molecule has 0 aliphatic heterocycles. The molecule has 17 heavy (non-hydrogen) atoms. The molecule has 1 unspecified atom stereocenters. The SMILES string of the molecule is COCC(C)NCCc1c[nH]c2ccccc12. The Morgan fingerprint density at radius 1 is 1.35 bits per heavy atom. The lowest BCUT2D eigenvalue weighted by atomic mass is 10.1. The Morgan fingerprint density at radius 2 is 2.18 bits per heavy atom. The first kappa shape index (κ1) is 12.1. The van der Waals surface area contributed by atoms with Crippen LogP contribution in [0.25, 0.3) is 10.9 Å². The van der Waals surface area contributed by atoms with Crippen molar-refractivity contribution in [2.75, 3.05) is 20.3 Å². The molecule has 1 aromatic carbocycles. The van der Waals surface area contributed by atoms with Crippen LogP contribution < -0.4 is 5.32 Å². The van der Waals surface area contributed by atoms with Crippen molar-refractivity contribution in [2.45, 2.75) is 19.4 Å². The Bertz CT molecular complexity index is 464. The molecule has 0 radical (unpaired) electrons. The predicted octanol–water partition coefficient (Wildman–Crippen LogP) is 2.33. The highest BCUT2D eigenvalue weighted by Crippen LogP contribution is 2.17. The predicted molar refractivity (Wildman–Crippen MR) is 71.3 cm³/mol. The summed E-state index contributed by atoms with van der Waals surface area (Å²) in [6.45, 7) is 3.87. The summed E-state index contributed by atoms with van der Waals surface area (Å²) in [6.07, 6.45) is 3.14. The van der Waals surface area contributed by atoms with E-state index in [1.54, 1.807) is 7.11 Å². The number of aromatic nitrogens is 1. The number of benzene rings is 1. The fourth-order valence-electron chi connectivity index (χ4n) is 2.10. The molecule has 92 valence electrons. The number of methoxy groups -OCH3 is 1. The van der Waals surface area contributed by atoms with Gasteiger partial charge in [0.15, 0.2) is 0 Å². The zero-order chi connectivity index (χ0) is 12.1. The number of hydrogen-bond donors (Lipinski definition) is 2. The van der Waals surface area contributed by atoms with Gasteiger partial charge in [-0.2, -0.15) is 0 Å². The molecule has 1 aromatic heterocycles. The van der Waals surface area contributed by atoms with Crippen LogP contribution in [0.3, 0.4) is 0 Å². The number of aromatic amines is 1. The Labute approximate surface area is 102 Å². The van der Waals surface area contributed by atoms with Gasteiger partial charge in [-0.15, -0.1) is 0 Å². The minimum absolute atomic E-state index is 0.408. The van der Waals surface area contributed by atoms with E-state index >= 15 is 0 Å². The molecule has 3 nitrogen and oxygen atoms in total. The van der Waals surface area contributed by atoms with Crippen LogP contribution in [0.5, 0.6) is 0 Å². The van der Waals surface area contributed by atoms with Gasteiger partial charge in [0.1, 0.15) is 0 Å². The van der Waals surface area contributed by atoms with E-state index in [4.69, 9.17) is 4.74 Å². The first-order valence-electron chi connectivity index (χ1n) is 6.08. The summed E-state index contributed by atoms with van der Waals surface area (Å²) in [7, 11) is 1.73. The molecule has 1 atom stereocenters. The van der Waals surface area contributed by atoms with E-state index in [0.717, 1.165) is 19.6 Å². The van der Waals surface area contributed by atoms with Crippen molar-refractivity contribution in [1.82, 2.24) is 10.3 Å². The maximum atomic E-state index is 5.09. The van der Waals surface area contributed by atoms with Crippen LogP contribution in [0, 0.1) is 0 Å². The normalized spacial score (nSPS) is 13.1. The van der Waals surface area contributed by atoms with Crippen molar-refractivity contribution in [3.8, 4) is 0 Å². The molecule has 0 aliphatic carbocycles. The third-order valence-electron chi connectivity index (χ3n) is 2.98. The maximum Gasteiger partial charge on any atom is 0.0613 e. The van der Waals surface area contributed by atoms with E-state index < -0.39 is 0 Å². The highest BCUT2D eigenvalue weighted by Gasteiger charge is 2.04. The molecule has 2 rings (SSSR count). The monoisotopic (exact) mass is 232 g/mol. The Hall–Kier alpha value is -1.32. The lowest BCUT2D eigenvalue weighted by Crippen LogP contribution is -2.31. The van der Waals surface area contributed by atoms with Crippen molar-refractivity contribution >= 4 is 10.9 Å². The first-order chi connectivity index (χ1) is 8.31. The third kappa shape index (κ3) is 3.08. The van der Waals surface area contributed by atoms with E-state index in [9.17, 15) is 0 Å². The zero-order valence-corrected chi connectivity index (χ0v) is 10.5. The Kier molecular flexibility index (Phi) is 4.18. The quantitative estimate of drug-likeness (QED) is 0.802. The molecule has 0 spiro atoms. The van der Waals surface area contributed by atoms with E-state index in [0.29, 0.717) is 6.04 Å². The number of ether oxygens (including phenoxy) is 1. The summed E-state index contributed by atoms with van der Waals surface area (Å²) in [5, 5.41) is 4.78. The molecular weight excluding hydrogens is 212 g/mol. The minimum atomic E-state index is 0.408. The smallest absolute Gasteiger partial charge is 0.0613 e. The van der Waals surface area contributed by atoms with E-state index in [2.05, 4.69) is 47.7 Å². The topological polar surface area (TPSA) is 37.0 Å². The van der Waals surface area contributed by atoms with Gasteiger partial charge in [-0.05, 0) is 31.5 Å². The molecule has 0 saturated carbocycles. The number of hydrogen-bond acceptors (Lipinski definition) is 2. The van der Waals surface area contributed by atoms with Gasteiger partial charge < -0.3 is 15.0 Å². The molecular formula is C14H20N2O. The molecule has 0 fully saturated rings. The number of nitrogens with one attached hydrogen (secondary N) is 2. The highest BCUT2D eigenvalue weighted by atomic mass is 16.5. The molecule has 0 saturated heterocycles. The van der Waals surface area contributed by atoms with Gasteiger partial charge in [0.25, 0.3) is 0 Å². The van der Waals surface area contributed by atoms with E-state index in [1.807, 2.05) is 0 Å². The summed E-state index contributed by atoms with van der Waals surface area (Å²) >= 11 is 0. The van der Waals surface area contributed by atoms with Crippen LogP contribution in [-0.4, -0.2) is 31.3 Å². The van der Waals surface area contributed by atoms with Crippen LogP contribution in [0.1, 0.15) is 12.5 Å². The second-order valence-corrected chi connectivity index (χ2v) is 4.42. The van der Waals surface area contributed by atoms with Gasteiger partial charge in [0, 0.05) is 30.3 Å². The van der Waals surface area contributed by atoms with Gasteiger partial charge in [0.2, 0.25) is 0 Å². The molecule has 3 heteroatoms. The van der Waals surface area contributed by atoms with Gasteiger partial charge in [0.05, 0.1) is 6.61 Å². The summed E-state index contributed by atoms with van der Waals surface area (Å²) in [4.78, 5) is 3.30. The fraction of sp³-hybridized carbons (Fsp3) is 0.429. The number of rotatable bonds is 6. The summed E-state index contributed by atoms with van der Waals surface area (Å²) in [5.74, 6) is 0. The van der Waals surface area contributed by atoms with E-state index in [-0.39, 0.29) is 0 Å². The van der Waals surface area contributed by atoms with Crippen molar-refractivity contribution in [1.29, 1.82) is 0 Å². The molecule has 0 amide bonds. The molecule has 1 heterocycles. The standard InChI is InChI=1S/C14H20N2O/c1-11(10-17-2)15-8-7-12-9-16-14-6-4-3-5-13(12)14/h3-6,9,11,15-16H,7-8,10H2,1-2H3. The summed E-state index contributed by atoms with van der Waals surface area (Å²) in [6, 6.07) is 8.83. The summed E-state index contributed by atoms with van der Waals surface area (Å²) in [5.41, 5.74) is 2.59. The van der Waals surface area contributed by atoms with Gasteiger partial charge >= 0.3 is 0 Å². The van der Waals surface area contributed by atoms with Crippen molar-refractivity contribution in [3.63, 3.8) is 0 Å². The Balaban J connectivity index is 1.91. The van der Waals surface area contributed by atoms with Crippen molar-refractivity contribution in [2.24, 2.45) is 0 Å². The first-order valence-corrected chi connectivity index (χ1v) is 6.08. The lowest BCUT2D eigenvalue weighted by Gasteiger charge is -2.11. The molecule has 2 N–H and O–H groups in total. The summed E-state index contributed by atoms with van der Waals surface area (Å²) < 4.78 is 5.09. The average Bonchev–Trinajstić information content (AvgIpc) is 2.73.